The third kappa shape index (κ3) is 5.57. The van der Waals surface area contributed by atoms with Gasteiger partial charge in [0.1, 0.15) is 11.6 Å². The van der Waals surface area contributed by atoms with Crippen LogP contribution in [0.15, 0.2) is 35.5 Å². The molecule has 0 atom stereocenters. The molecule has 0 saturated heterocycles. The van der Waals surface area contributed by atoms with Gasteiger partial charge in [-0.3, -0.25) is 0 Å². The lowest BCUT2D eigenvalue weighted by atomic mass is 10.3. The van der Waals surface area contributed by atoms with Crippen LogP contribution in [0.2, 0.25) is 0 Å². The Hall–Kier alpha value is -2.28. The van der Waals surface area contributed by atoms with Crippen molar-refractivity contribution in [3.8, 4) is 5.75 Å². The molecular weight excluding hydrogens is 262 g/mol. The molecule has 0 bridgehead atoms. The fourth-order valence-electron chi connectivity index (χ4n) is 1.45. The van der Waals surface area contributed by atoms with Crippen LogP contribution in [0.5, 0.6) is 5.75 Å². The molecule has 1 aromatic rings. The second kappa shape index (κ2) is 8.76. The lowest BCUT2D eigenvalue weighted by molar-refractivity contribution is 0.124. The van der Waals surface area contributed by atoms with Gasteiger partial charge in [-0.05, 0) is 12.1 Å². The van der Waals surface area contributed by atoms with E-state index < -0.39 is 6.09 Å². The van der Waals surface area contributed by atoms with E-state index in [4.69, 9.17) is 20.4 Å². The van der Waals surface area contributed by atoms with Crippen molar-refractivity contribution in [3.63, 3.8) is 0 Å². The van der Waals surface area contributed by atoms with Crippen LogP contribution < -0.4 is 10.5 Å². The lowest BCUT2D eigenvalue weighted by Crippen LogP contribution is -2.38. The SMILES string of the molecule is COCCN(CCC(N)=NO)C(=O)Oc1ccccc1. The van der Waals surface area contributed by atoms with E-state index >= 15 is 0 Å². The molecule has 1 rings (SSSR count). The Morgan fingerprint density at radius 1 is 1.35 bits per heavy atom. The van der Waals surface area contributed by atoms with Gasteiger partial charge in [-0.15, -0.1) is 0 Å². The number of amidine groups is 1. The number of carbonyl (C=O) groups excluding carboxylic acids is 1. The van der Waals surface area contributed by atoms with E-state index in [0.29, 0.717) is 18.9 Å². The molecule has 7 heteroatoms. The van der Waals surface area contributed by atoms with Crippen LogP contribution in [0.25, 0.3) is 0 Å². The monoisotopic (exact) mass is 281 g/mol. The van der Waals surface area contributed by atoms with Gasteiger partial charge in [-0.1, -0.05) is 23.4 Å². The molecular formula is C13H19N3O4. The summed E-state index contributed by atoms with van der Waals surface area (Å²) in [6.07, 6.45) is -0.247. The number of benzene rings is 1. The average Bonchev–Trinajstić information content (AvgIpc) is 2.47. The number of nitrogens with two attached hydrogens (primary N) is 1. The molecule has 3 N–H and O–H groups in total. The molecule has 0 fully saturated rings. The number of ether oxygens (including phenoxy) is 2. The van der Waals surface area contributed by atoms with Crippen LogP contribution in [0.3, 0.4) is 0 Å². The zero-order chi connectivity index (χ0) is 14.8. The standard InChI is InChI=1S/C13H19N3O4/c1-19-10-9-16(8-7-12(14)15-18)13(17)20-11-5-3-2-4-6-11/h2-6,18H,7-10H2,1H3,(H2,14,15). The van der Waals surface area contributed by atoms with Crippen LogP contribution in [-0.4, -0.2) is 48.8 Å². The zero-order valence-electron chi connectivity index (χ0n) is 11.4. The second-order valence-electron chi connectivity index (χ2n) is 4.00. The third-order valence-corrected chi connectivity index (χ3v) is 2.54. The number of carbonyl (C=O) groups is 1. The quantitative estimate of drug-likeness (QED) is 0.339. The van der Waals surface area contributed by atoms with Crippen LogP contribution in [-0.2, 0) is 4.74 Å². The second-order valence-corrected chi connectivity index (χ2v) is 4.00. The summed E-state index contributed by atoms with van der Waals surface area (Å²) in [5.74, 6) is 0.517. The molecule has 0 unspecified atom stereocenters. The highest BCUT2D eigenvalue weighted by atomic mass is 16.6. The number of oxime groups is 1. The van der Waals surface area contributed by atoms with Crippen molar-refractivity contribution in [2.24, 2.45) is 10.9 Å². The number of methoxy groups -OCH3 is 1. The fourth-order valence-corrected chi connectivity index (χ4v) is 1.45. The van der Waals surface area contributed by atoms with Crippen LogP contribution in [0.4, 0.5) is 4.79 Å². The first-order chi connectivity index (χ1) is 9.67. The number of hydrogen-bond donors (Lipinski definition) is 2. The van der Waals surface area contributed by atoms with E-state index in [-0.39, 0.29) is 18.8 Å². The molecule has 110 valence electrons. The highest BCUT2D eigenvalue weighted by Crippen LogP contribution is 2.10. The normalized spacial score (nSPS) is 11.2. The van der Waals surface area contributed by atoms with Gasteiger partial charge < -0.3 is 25.3 Å². The molecule has 1 aromatic carbocycles. The minimum atomic E-state index is -0.501. The summed E-state index contributed by atoms with van der Waals surface area (Å²) in [5, 5.41) is 11.4. The van der Waals surface area contributed by atoms with Gasteiger partial charge in [0.25, 0.3) is 0 Å². The molecule has 0 aliphatic rings. The van der Waals surface area contributed by atoms with Crippen molar-refractivity contribution in [1.29, 1.82) is 0 Å². The van der Waals surface area contributed by atoms with Crippen molar-refractivity contribution in [2.75, 3.05) is 26.8 Å². The summed E-state index contributed by atoms with van der Waals surface area (Å²) >= 11 is 0. The molecule has 0 aliphatic heterocycles. The van der Waals surface area contributed by atoms with E-state index in [0.717, 1.165) is 0 Å². The molecule has 20 heavy (non-hydrogen) atoms. The molecule has 0 aromatic heterocycles. The lowest BCUT2D eigenvalue weighted by Gasteiger charge is -2.21. The van der Waals surface area contributed by atoms with E-state index in [1.54, 1.807) is 31.4 Å². The first-order valence-corrected chi connectivity index (χ1v) is 6.14. The van der Waals surface area contributed by atoms with Crippen molar-refractivity contribution in [3.05, 3.63) is 30.3 Å². The third-order valence-electron chi connectivity index (χ3n) is 2.54. The molecule has 0 radical (unpaired) electrons. The number of nitrogens with zero attached hydrogens (tertiary/aromatic N) is 2. The van der Waals surface area contributed by atoms with Gasteiger partial charge in [-0.2, -0.15) is 0 Å². The predicted octanol–water partition coefficient (Wildman–Crippen LogP) is 1.27. The first-order valence-electron chi connectivity index (χ1n) is 6.14. The Balaban J connectivity index is 2.59. The summed E-state index contributed by atoms with van der Waals surface area (Å²) in [7, 11) is 1.55. The summed E-state index contributed by atoms with van der Waals surface area (Å²) in [6.45, 7) is 1.02. The minimum absolute atomic E-state index is 0.0555. The summed E-state index contributed by atoms with van der Waals surface area (Å²) in [5.41, 5.74) is 5.39. The maximum atomic E-state index is 12.0. The van der Waals surface area contributed by atoms with Gasteiger partial charge in [0.15, 0.2) is 0 Å². The summed E-state index contributed by atoms with van der Waals surface area (Å²) < 4.78 is 10.2. The maximum Gasteiger partial charge on any atom is 0.415 e. The van der Waals surface area contributed by atoms with Gasteiger partial charge >= 0.3 is 6.09 Å². The van der Waals surface area contributed by atoms with E-state index in [2.05, 4.69) is 5.16 Å². The highest BCUT2D eigenvalue weighted by Gasteiger charge is 2.16. The van der Waals surface area contributed by atoms with Gasteiger partial charge in [-0.25, -0.2) is 4.79 Å². The Labute approximate surface area is 117 Å². The van der Waals surface area contributed by atoms with E-state index in [9.17, 15) is 4.79 Å². The average molecular weight is 281 g/mol. The molecule has 7 nitrogen and oxygen atoms in total. The first kappa shape index (κ1) is 15.8. The molecule has 0 heterocycles. The Morgan fingerprint density at radius 3 is 2.65 bits per heavy atom. The van der Waals surface area contributed by atoms with Gasteiger partial charge in [0, 0.05) is 26.6 Å². The summed E-state index contributed by atoms with van der Waals surface area (Å²) in [4.78, 5) is 13.5. The highest BCUT2D eigenvalue weighted by molar-refractivity contribution is 5.80. The molecule has 0 saturated carbocycles. The van der Waals surface area contributed by atoms with Crippen molar-refractivity contribution >= 4 is 11.9 Å². The molecule has 0 spiro atoms. The van der Waals surface area contributed by atoms with E-state index in [1.807, 2.05) is 6.07 Å². The van der Waals surface area contributed by atoms with Crippen molar-refractivity contribution in [1.82, 2.24) is 4.90 Å². The largest absolute Gasteiger partial charge is 0.415 e. The number of hydrogen-bond acceptors (Lipinski definition) is 5. The maximum absolute atomic E-state index is 12.0. The zero-order valence-corrected chi connectivity index (χ0v) is 11.4. The number of para-hydroxylation sites is 1. The van der Waals surface area contributed by atoms with Crippen LogP contribution in [0.1, 0.15) is 6.42 Å². The number of amides is 1. The number of rotatable bonds is 7. The Morgan fingerprint density at radius 2 is 2.05 bits per heavy atom. The van der Waals surface area contributed by atoms with Gasteiger partial charge in [0.05, 0.1) is 6.61 Å². The Bertz CT molecular complexity index is 437. The molecule has 1 amide bonds. The van der Waals surface area contributed by atoms with Crippen molar-refractivity contribution in [2.45, 2.75) is 6.42 Å². The topological polar surface area (TPSA) is 97.4 Å². The predicted molar refractivity (Wildman–Crippen MR) is 73.9 cm³/mol. The fraction of sp³-hybridized carbons (Fsp3) is 0.385. The minimum Gasteiger partial charge on any atom is -0.410 e. The summed E-state index contributed by atoms with van der Waals surface area (Å²) in [6, 6.07) is 8.77. The van der Waals surface area contributed by atoms with Gasteiger partial charge in [0.2, 0.25) is 0 Å². The van der Waals surface area contributed by atoms with Crippen LogP contribution >= 0.6 is 0 Å². The Kier molecular flexibility index (Phi) is 6.91. The molecule has 0 aliphatic carbocycles. The van der Waals surface area contributed by atoms with Crippen LogP contribution in [0, 0.1) is 0 Å². The van der Waals surface area contributed by atoms with E-state index in [1.165, 1.54) is 4.90 Å². The smallest absolute Gasteiger partial charge is 0.410 e. The van der Waals surface area contributed by atoms with Crippen molar-refractivity contribution < 1.29 is 19.5 Å².